The number of halogens is 2. The molecular weight excluding hydrogens is 681 g/mol. The number of nitrogens with zero attached hydrogens (tertiary/aromatic N) is 1. The van der Waals surface area contributed by atoms with E-state index in [4.69, 9.17) is 21.1 Å². The maximum absolute atomic E-state index is 12.9. The number of rotatable bonds is 11. The summed E-state index contributed by atoms with van der Waals surface area (Å²) in [5.41, 5.74) is 4.72. The molecule has 3 aromatic rings. The molecule has 0 radical (unpaired) electrons. The molecule has 2 amide bonds. The second-order valence-corrected chi connectivity index (χ2v) is 11.8. The number of nitrogens with one attached hydrogen (secondary N) is 2. The van der Waals surface area contributed by atoms with Gasteiger partial charge in [0.05, 0.1) is 57.3 Å². The van der Waals surface area contributed by atoms with Gasteiger partial charge in [-0.25, -0.2) is 4.79 Å². The van der Waals surface area contributed by atoms with Crippen LogP contribution in [0.1, 0.15) is 43.2 Å². The van der Waals surface area contributed by atoms with E-state index in [9.17, 15) is 14.7 Å². The third kappa shape index (κ3) is 10.1. The van der Waals surface area contributed by atoms with Gasteiger partial charge in [-0.1, -0.05) is 54.1 Å². The Labute approximate surface area is 276 Å². The van der Waals surface area contributed by atoms with Crippen LogP contribution in [0.4, 0.5) is 16.2 Å². The molecule has 1 aliphatic heterocycles. The summed E-state index contributed by atoms with van der Waals surface area (Å²) in [6, 6.07) is 19.3. The first kappa shape index (κ1) is 34.6. The lowest BCUT2D eigenvalue weighted by Gasteiger charge is -2.36. The summed E-state index contributed by atoms with van der Waals surface area (Å²) in [6.45, 7) is 1.76. The van der Waals surface area contributed by atoms with Crippen LogP contribution in [-0.2, 0) is 22.6 Å². The van der Waals surface area contributed by atoms with Gasteiger partial charge in [0.25, 0.3) is 0 Å². The highest BCUT2D eigenvalue weighted by molar-refractivity contribution is 6.33. The number of ether oxygens (including phenoxy) is 2. The number of hydrogen-bond donors (Lipinski definition) is 3. The molecule has 0 spiro atoms. The van der Waals surface area contributed by atoms with Gasteiger partial charge in [-0.3, -0.25) is 10.1 Å². The molecule has 1 saturated heterocycles. The van der Waals surface area contributed by atoms with Gasteiger partial charge in [0.15, 0.2) is 0 Å². The number of benzene rings is 3. The van der Waals surface area contributed by atoms with Crippen LogP contribution >= 0.6 is 11.6 Å². The summed E-state index contributed by atoms with van der Waals surface area (Å²) in [6.07, 6.45) is 3.75. The van der Waals surface area contributed by atoms with Gasteiger partial charge in [-0.05, 0) is 42.5 Å². The molecule has 4 rings (SSSR count). The fourth-order valence-corrected chi connectivity index (χ4v) is 5.44. The van der Waals surface area contributed by atoms with Crippen molar-refractivity contribution in [3.8, 4) is 16.9 Å². The molecule has 0 bridgehead atoms. The van der Waals surface area contributed by atoms with E-state index in [1.54, 1.807) is 12.1 Å². The normalized spacial score (nSPS) is 14.3. The van der Waals surface area contributed by atoms with E-state index >= 15 is 0 Å². The predicted molar refractivity (Wildman–Crippen MR) is 167 cm³/mol. The SMILES string of the molecule is COc1cc(NC(=O)CCCCc2ccc(-c3ccccc3)c(NC(=O)OC3CC[N+](C)(C)CC3)c2)c(Cl)cc1CO.[I-]. The number of methoxy groups -OCH3 is 1. The summed E-state index contributed by atoms with van der Waals surface area (Å²) in [4.78, 5) is 25.5. The van der Waals surface area contributed by atoms with Crippen molar-refractivity contribution in [1.82, 2.24) is 0 Å². The first-order chi connectivity index (χ1) is 20.2. The van der Waals surface area contributed by atoms with Crippen LogP contribution in [0.2, 0.25) is 5.02 Å². The van der Waals surface area contributed by atoms with Gasteiger partial charge in [0.2, 0.25) is 5.91 Å². The summed E-state index contributed by atoms with van der Waals surface area (Å²) in [7, 11) is 5.90. The number of aliphatic hydroxyl groups excluding tert-OH is 1. The van der Waals surface area contributed by atoms with E-state index in [0.29, 0.717) is 40.6 Å². The summed E-state index contributed by atoms with van der Waals surface area (Å²) in [5, 5.41) is 15.6. The number of amides is 2. The van der Waals surface area contributed by atoms with Crippen LogP contribution < -0.4 is 39.3 Å². The Balaban J connectivity index is 0.00000506. The van der Waals surface area contributed by atoms with E-state index in [2.05, 4.69) is 30.8 Å². The lowest BCUT2D eigenvalue weighted by molar-refractivity contribution is -0.896. The van der Waals surface area contributed by atoms with Crippen molar-refractivity contribution < 1.29 is 52.6 Å². The van der Waals surface area contributed by atoms with Gasteiger partial charge in [0, 0.05) is 36.5 Å². The molecule has 1 heterocycles. The molecule has 0 saturated carbocycles. The number of carbonyl (C=O) groups is 2. The largest absolute Gasteiger partial charge is 1.00 e. The molecule has 0 unspecified atom stereocenters. The molecule has 1 aliphatic rings. The van der Waals surface area contributed by atoms with Crippen molar-refractivity contribution in [1.29, 1.82) is 0 Å². The van der Waals surface area contributed by atoms with Crippen molar-refractivity contribution in [3.05, 3.63) is 76.8 Å². The topological polar surface area (TPSA) is 96.9 Å². The van der Waals surface area contributed by atoms with Crippen LogP contribution in [0.15, 0.2) is 60.7 Å². The van der Waals surface area contributed by atoms with Gasteiger partial charge in [-0.15, -0.1) is 0 Å². The molecule has 0 aromatic heterocycles. The van der Waals surface area contributed by atoms with E-state index in [-0.39, 0.29) is 42.6 Å². The molecule has 43 heavy (non-hydrogen) atoms. The maximum Gasteiger partial charge on any atom is 0.411 e. The zero-order valence-electron chi connectivity index (χ0n) is 25.0. The van der Waals surface area contributed by atoms with Crippen LogP contribution in [0.25, 0.3) is 11.1 Å². The van der Waals surface area contributed by atoms with Crippen LogP contribution in [0, 0.1) is 0 Å². The molecule has 8 nitrogen and oxygen atoms in total. The van der Waals surface area contributed by atoms with Crippen molar-refractivity contribution >= 4 is 35.0 Å². The minimum atomic E-state index is -0.430. The van der Waals surface area contributed by atoms with Gasteiger partial charge in [-0.2, -0.15) is 0 Å². The molecule has 232 valence electrons. The maximum atomic E-state index is 12.9. The van der Waals surface area contributed by atoms with Crippen molar-refractivity contribution in [2.24, 2.45) is 0 Å². The highest BCUT2D eigenvalue weighted by atomic mass is 127. The number of unbranched alkanes of at least 4 members (excludes halogenated alkanes) is 1. The van der Waals surface area contributed by atoms with Gasteiger partial charge < -0.3 is 48.4 Å². The molecule has 0 aliphatic carbocycles. The highest BCUT2D eigenvalue weighted by Gasteiger charge is 2.28. The number of piperidine rings is 1. The second-order valence-electron chi connectivity index (χ2n) is 11.4. The number of carbonyl (C=O) groups excluding carboxylic acids is 2. The first-order valence-electron chi connectivity index (χ1n) is 14.4. The zero-order chi connectivity index (χ0) is 30.1. The average Bonchev–Trinajstić information content (AvgIpc) is 2.98. The third-order valence-corrected chi connectivity index (χ3v) is 8.04. The lowest BCUT2D eigenvalue weighted by Crippen LogP contribution is -3.00. The monoisotopic (exact) mass is 721 g/mol. The minimum absolute atomic E-state index is 0. The lowest BCUT2D eigenvalue weighted by atomic mass is 9.99. The molecule has 1 fully saturated rings. The third-order valence-electron chi connectivity index (χ3n) is 7.73. The van der Waals surface area contributed by atoms with E-state index < -0.39 is 6.09 Å². The summed E-state index contributed by atoms with van der Waals surface area (Å²) >= 11 is 6.28. The Kier molecular flexibility index (Phi) is 13.1. The zero-order valence-corrected chi connectivity index (χ0v) is 27.9. The Morgan fingerprint density at radius 2 is 1.70 bits per heavy atom. The summed E-state index contributed by atoms with van der Waals surface area (Å²) < 4.78 is 12.0. The van der Waals surface area contributed by atoms with E-state index in [1.165, 1.54) is 7.11 Å². The summed E-state index contributed by atoms with van der Waals surface area (Å²) in [5.74, 6) is 0.316. The van der Waals surface area contributed by atoms with Crippen LogP contribution in [0.3, 0.4) is 0 Å². The quantitative estimate of drug-likeness (QED) is 0.160. The van der Waals surface area contributed by atoms with Crippen molar-refractivity contribution in [2.45, 2.75) is 51.2 Å². The Morgan fingerprint density at radius 1 is 0.977 bits per heavy atom. The Hall–Kier alpha value is -2.86. The molecule has 3 N–H and O–H groups in total. The highest BCUT2D eigenvalue weighted by Crippen LogP contribution is 2.32. The van der Waals surface area contributed by atoms with Gasteiger partial charge >= 0.3 is 6.09 Å². The smallest absolute Gasteiger partial charge is 0.411 e. The number of hydrogen-bond acceptors (Lipinski definition) is 5. The molecule has 10 heteroatoms. The Bertz CT molecular complexity index is 1380. The number of aryl methyl sites for hydroxylation is 1. The fourth-order valence-electron chi connectivity index (χ4n) is 5.20. The molecule has 0 atom stereocenters. The van der Waals surface area contributed by atoms with Gasteiger partial charge in [0.1, 0.15) is 11.9 Å². The van der Waals surface area contributed by atoms with E-state index in [1.807, 2.05) is 42.5 Å². The average molecular weight is 722 g/mol. The number of likely N-dealkylation sites (tertiary alicyclic amines) is 1. The molecular formula is C33H41ClIN3O5. The standard InChI is InChI=1S/C33H40ClN3O5.HI/c1-37(2)17-15-26(16-18-37)42-33(40)36-29-19-23(13-14-27(29)24-10-5-4-6-11-24)9-7-8-12-32(39)35-30-21-31(41-3)25(22-38)20-28(30)34;/h4-6,10-11,13-14,19-21,26,38H,7-9,12,15-18,22H2,1-3H3,(H-,35,36,39,40);1H. The number of anilines is 2. The van der Waals surface area contributed by atoms with E-state index in [0.717, 1.165) is 59.9 Å². The first-order valence-corrected chi connectivity index (χ1v) is 14.8. The van der Waals surface area contributed by atoms with Crippen molar-refractivity contribution in [3.63, 3.8) is 0 Å². The minimum Gasteiger partial charge on any atom is -1.00 e. The predicted octanol–water partition coefficient (Wildman–Crippen LogP) is 3.65. The Morgan fingerprint density at radius 3 is 2.37 bits per heavy atom. The fraction of sp³-hybridized carbons (Fsp3) is 0.394. The van der Waals surface area contributed by atoms with Crippen molar-refractivity contribution in [2.75, 3.05) is 44.9 Å². The van der Waals surface area contributed by atoms with Crippen LogP contribution in [-0.4, -0.2) is 62.0 Å². The number of quaternary nitrogens is 1. The second kappa shape index (κ2) is 16.3. The van der Waals surface area contributed by atoms with Crippen LogP contribution in [0.5, 0.6) is 5.75 Å². The number of aliphatic hydroxyl groups is 1. The molecule has 3 aromatic carbocycles.